The summed E-state index contributed by atoms with van der Waals surface area (Å²) >= 11 is 9.53. The maximum absolute atomic E-state index is 14.4. The monoisotopic (exact) mass is 435 g/mol. The second-order valence-corrected chi connectivity index (χ2v) is 7.36. The maximum Gasteiger partial charge on any atom is 0.336 e. The Labute approximate surface area is 162 Å². The topological polar surface area (TPSA) is 46.6 Å². The first-order valence-electron chi connectivity index (χ1n) is 7.90. The Kier molecular flexibility index (Phi) is 4.32. The normalized spacial score (nSPS) is 19.7. The number of cyclic esters (lactones) is 1. The SMILES string of the molecule is O=C1OCC2=C1C(c1c(F)cccc1Cl)CC(=O)N2c1ccc(Br)cc1. The smallest absolute Gasteiger partial charge is 0.336 e. The molecule has 2 aliphatic heterocycles. The third-order valence-corrected chi connectivity index (χ3v) is 5.41. The van der Waals surface area contributed by atoms with Crippen molar-refractivity contribution in [2.45, 2.75) is 12.3 Å². The molecule has 0 fully saturated rings. The van der Waals surface area contributed by atoms with Crippen LogP contribution < -0.4 is 4.90 Å². The Morgan fingerprint density at radius 2 is 1.88 bits per heavy atom. The standard InChI is InChI=1S/C19H12BrClFNO3/c20-10-4-6-11(7-5-10)23-15-9-26-19(25)18(15)12(8-16(23)24)17-13(21)2-1-3-14(17)22/h1-7,12H,8-9H2. The van der Waals surface area contributed by atoms with Gasteiger partial charge in [0.25, 0.3) is 0 Å². The fourth-order valence-electron chi connectivity index (χ4n) is 3.43. The van der Waals surface area contributed by atoms with Crippen molar-refractivity contribution in [2.24, 2.45) is 0 Å². The van der Waals surface area contributed by atoms with Crippen molar-refractivity contribution in [1.82, 2.24) is 0 Å². The van der Waals surface area contributed by atoms with Crippen LogP contribution in [0.15, 0.2) is 58.2 Å². The van der Waals surface area contributed by atoms with Gasteiger partial charge in [-0.15, -0.1) is 0 Å². The predicted molar refractivity (Wildman–Crippen MR) is 98.4 cm³/mol. The molecule has 4 rings (SSSR count). The molecule has 0 radical (unpaired) electrons. The quantitative estimate of drug-likeness (QED) is 0.648. The van der Waals surface area contributed by atoms with Crippen molar-refractivity contribution in [2.75, 3.05) is 11.5 Å². The highest BCUT2D eigenvalue weighted by Crippen LogP contribution is 2.44. The first kappa shape index (κ1) is 17.2. The Morgan fingerprint density at radius 3 is 2.58 bits per heavy atom. The van der Waals surface area contributed by atoms with Crippen molar-refractivity contribution in [3.8, 4) is 0 Å². The summed E-state index contributed by atoms with van der Waals surface area (Å²) in [6.45, 7) is -0.0292. The minimum atomic E-state index is -0.757. The lowest BCUT2D eigenvalue weighted by atomic mass is 9.83. The Balaban J connectivity index is 1.87. The molecule has 4 nitrogen and oxygen atoms in total. The summed E-state index contributed by atoms with van der Waals surface area (Å²) in [5.41, 5.74) is 1.52. The number of rotatable bonds is 2. The molecular weight excluding hydrogens is 425 g/mol. The average molecular weight is 437 g/mol. The van der Waals surface area contributed by atoms with Crippen molar-refractivity contribution >= 4 is 45.1 Å². The molecule has 0 saturated heterocycles. The van der Waals surface area contributed by atoms with Crippen LogP contribution in [0.3, 0.4) is 0 Å². The van der Waals surface area contributed by atoms with Gasteiger partial charge in [0.05, 0.1) is 11.3 Å². The number of anilines is 1. The van der Waals surface area contributed by atoms with E-state index in [2.05, 4.69) is 15.9 Å². The van der Waals surface area contributed by atoms with Gasteiger partial charge in [0.15, 0.2) is 0 Å². The molecule has 132 valence electrons. The largest absolute Gasteiger partial charge is 0.456 e. The van der Waals surface area contributed by atoms with Crippen molar-refractivity contribution in [3.63, 3.8) is 0 Å². The Bertz CT molecular complexity index is 938. The first-order valence-corrected chi connectivity index (χ1v) is 9.07. The minimum Gasteiger partial charge on any atom is -0.456 e. The van der Waals surface area contributed by atoms with Crippen LogP contribution in [0, 0.1) is 5.82 Å². The molecule has 7 heteroatoms. The molecule has 0 aliphatic carbocycles. The van der Waals surface area contributed by atoms with Crippen LogP contribution in [-0.4, -0.2) is 18.5 Å². The van der Waals surface area contributed by atoms with Crippen LogP contribution in [0.1, 0.15) is 17.9 Å². The van der Waals surface area contributed by atoms with Crippen LogP contribution >= 0.6 is 27.5 Å². The van der Waals surface area contributed by atoms with Crippen LogP contribution in [0.5, 0.6) is 0 Å². The second kappa shape index (κ2) is 6.52. The van der Waals surface area contributed by atoms with E-state index in [9.17, 15) is 14.0 Å². The van der Waals surface area contributed by atoms with E-state index in [4.69, 9.17) is 16.3 Å². The fraction of sp³-hybridized carbons (Fsp3) is 0.158. The highest BCUT2D eigenvalue weighted by atomic mass is 79.9. The molecular formula is C19H12BrClFNO3. The van der Waals surface area contributed by atoms with E-state index < -0.39 is 17.7 Å². The summed E-state index contributed by atoms with van der Waals surface area (Å²) in [4.78, 5) is 26.7. The van der Waals surface area contributed by atoms with Gasteiger partial charge < -0.3 is 4.74 Å². The molecule has 1 amide bonds. The zero-order valence-electron chi connectivity index (χ0n) is 13.3. The van der Waals surface area contributed by atoms with E-state index in [1.165, 1.54) is 17.0 Å². The van der Waals surface area contributed by atoms with E-state index in [-0.39, 0.29) is 29.5 Å². The predicted octanol–water partition coefficient (Wildman–Crippen LogP) is 4.57. The van der Waals surface area contributed by atoms with Crippen LogP contribution in [-0.2, 0) is 14.3 Å². The van der Waals surface area contributed by atoms with Gasteiger partial charge in [-0.2, -0.15) is 0 Å². The van der Waals surface area contributed by atoms with E-state index in [1.54, 1.807) is 30.3 Å². The van der Waals surface area contributed by atoms with Crippen molar-refractivity contribution in [1.29, 1.82) is 0 Å². The van der Waals surface area contributed by atoms with Crippen LogP contribution in [0.2, 0.25) is 5.02 Å². The zero-order chi connectivity index (χ0) is 18.4. The number of benzene rings is 2. The highest BCUT2D eigenvalue weighted by molar-refractivity contribution is 9.10. The molecule has 0 N–H and O–H groups in total. The summed E-state index contributed by atoms with van der Waals surface area (Å²) in [5.74, 6) is -2.08. The van der Waals surface area contributed by atoms with Crippen LogP contribution in [0.4, 0.5) is 10.1 Å². The van der Waals surface area contributed by atoms with Gasteiger partial charge in [0, 0.05) is 33.1 Å². The summed E-state index contributed by atoms with van der Waals surface area (Å²) in [6, 6.07) is 11.5. The lowest BCUT2D eigenvalue weighted by molar-refractivity contribution is -0.136. The molecule has 0 aromatic heterocycles. The third-order valence-electron chi connectivity index (χ3n) is 4.55. The fourth-order valence-corrected chi connectivity index (χ4v) is 3.99. The zero-order valence-corrected chi connectivity index (χ0v) is 15.7. The molecule has 0 bridgehead atoms. The summed E-state index contributed by atoms with van der Waals surface area (Å²) in [5, 5.41) is 0.187. The van der Waals surface area contributed by atoms with E-state index in [1.807, 2.05) is 0 Å². The van der Waals surface area contributed by atoms with Gasteiger partial charge in [-0.05, 0) is 36.4 Å². The van der Waals surface area contributed by atoms with Gasteiger partial charge in [-0.3, -0.25) is 9.69 Å². The molecule has 26 heavy (non-hydrogen) atoms. The molecule has 2 aromatic carbocycles. The lowest BCUT2D eigenvalue weighted by Crippen LogP contribution is -2.37. The number of hydrogen-bond acceptors (Lipinski definition) is 3. The van der Waals surface area contributed by atoms with Gasteiger partial charge in [0.2, 0.25) is 5.91 Å². The van der Waals surface area contributed by atoms with Gasteiger partial charge in [0.1, 0.15) is 12.4 Å². The van der Waals surface area contributed by atoms with E-state index in [0.717, 1.165) is 4.47 Å². The number of ether oxygens (including phenoxy) is 1. The number of hydrogen-bond donors (Lipinski definition) is 0. The van der Waals surface area contributed by atoms with E-state index in [0.29, 0.717) is 17.0 Å². The second-order valence-electron chi connectivity index (χ2n) is 6.03. The van der Waals surface area contributed by atoms with Gasteiger partial charge in [-0.1, -0.05) is 33.6 Å². The van der Waals surface area contributed by atoms with Gasteiger partial charge in [-0.25, -0.2) is 9.18 Å². The molecule has 2 aromatic rings. The average Bonchev–Trinajstić information content (AvgIpc) is 2.98. The van der Waals surface area contributed by atoms with Crippen molar-refractivity contribution < 1.29 is 18.7 Å². The number of nitrogens with zero attached hydrogens (tertiary/aromatic N) is 1. The molecule has 1 atom stereocenters. The first-order chi connectivity index (χ1) is 12.5. The van der Waals surface area contributed by atoms with Gasteiger partial charge >= 0.3 is 5.97 Å². The number of carbonyl (C=O) groups excluding carboxylic acids is 2. The third kappa shape index (κ3) is 2.73. The highest BCUT2D eigenvalue weighted by Gasteiger charge is 2.44. The molecule has 1 unspecified atom stereocenters. The van der Waals surface area contributed by atoms with E-state index >= 15 is 0 Å². The molecule has 0 saturated carbocycles. The summed E-state index contributed by atoms with van der Waals surface area (Å²) in [7, 11) is 0. The number of esters is 1. The molecule has 2 heterocycles. The minimum absolute atomic E-state index is 0.0292. The molecule has 2 aliphatic rings. The summed E-state index contributed by atoms with van der Waals surface area (Å²) < 4.78 is 20.5. The number of carbonyl (C=O) groups is 2. The Morgan fingerprint density at radius 1 is 1.15 bits per heavy atom. The lowest BCUT2D eigenvalue weighted by Gasteiger charge is -2.32. The van der Waals surface area contributed by atoms with Crippen LogP contribution in [0.25, 0.3) is 0 Å². The number of halogens is 3. The number of amides is 1. The summed E-state index contributed by atoms with van der Waals surface area (Å²) in [6.07, 6.45) is -0.0648. The maximum atomic E-state index is 14.4. The Hall–Kier alpha value is -2.18. The van der Waals surface area contributed by atoms with Crippen molar-refractivity contribution in [3.05, 3.63) is 74.6 Å². The molecule has 0 spiro atoms.